The van der Waals surface area contributed by atoms with Gasteiger partial charge in [0.2, 0.25) is 0 Å². The van der Waals surface area contributed by atoms with Crippen LogP contribution in [0.2, 0.25) is 0 Å². The molecule has 2 heterocycles. The second-order valence-corrected chi connectivity index (χ2v) is 9.60. The van der Waals surface area contributed by atoms with Crippen molar-refractivity contribution in [3.05, 3.63) is 35.9 Å². The molecule has 2 saturated heterocycles. The molecule has 4 atom stereocenters. The van der Waals surface area contributed by atoms with E-state index in [1.54, 1.807) is 4.90 Å². The molecule has 4 nitrogen and oxygen atoms in total. The molecular weight excluding hydrogens is 343 g/mol. The predicted octanol–water partition coefficient (Wildman–Crippen LogP) is 4.83. The first-order valence-corrected chi connectivity index (χ1v) is 10.00. The highest BCUT2D eigenvalue weighted by Gasteiger charge is 2.60. The fraction of sp³-hybridized carbons (Fsp3) is 0.682. The highest BCUT2D eigenvalue weighted by molar-refractivity contribution is 5.71. The summed E-state index contributed by atoms with van der Waals surface area (Å²) in [4.78, 5) is 14.7. The summed E-state index contributed by atoms with van der Waals surface area (Å²) in [5.74, 6) is 0. The number of ether oxygens (including phenoxy) is 1. The third-order valence-electron chi connectivity index (χ3n) is 6.04. The lowest BCUT2D eigenvalue weighted by Crippen LogP contribution is -2.75. The van der Waals surface area contributed by atoms with Gasteiger partial charge in [0.25, 0.3) is 0 Å². The SMILES string of the molecule is CC(C)(C)OC(=O)N1[C@]2(C)CCC[C@@]1(C)[C@H](F)[C@H](NCc1ccccc1)C2. The van der Waals surface area contributed by atoms with Gasteiger partial charge in [-0.3, -0.25) is 4.90 Å². The summed E-state index contributed by atoms with van der Waals surface area (Å²) in [6.45, 7) is 10.2. The van der Waals surface area contributed by atoms with E-state index < -0.39 is 28.9 Å². The highest BCUT2D eigenvalue weighted by atomic mass is 19.1. The number of carbonyl (C=O) groups is 1. The number of nitrogens with one attached hydrogen (secondary N) is 1. The molecule has 2 aliphatic heterocycles. The Balaban J connectivity index is 1.81. The Hall–Kier alpha value is -1.62. The molecule has 27 heavy (non-hydrogen) atoms. The van der Waals surface area contributed by atoms with Gasteiger partial charge in [0.1, 0.15) is 11.8 Å². The Kier molecular flexibility index (Phi) is 5.28. The topological polar surface area (TPSA) is 41.6 Å². The van der Waals surface area contributed by atoms with Gasteiger partial charge in [-0.2, -0.15) is 0 Å². The molecule has 1 aromatic rings. The standard InChI is InChI=1S/C22H33FN2O2/c1-20(2,3)27-19(26)25-21(4)12-9-13-22(25,5)18(23)17(14-21)24-15-16-10-7-6-8-11-16/h6-8,10-11,17-18,24H,9,12-15H2,1-5H3/t17-,18-,21-,22+/m1/s1. The van der Waals surface area contributed by atoms with Crippen LogP contribution < -0.4 is 5.32 Å². The molecule has 1 aromatic carbocycles. The first kappa shape index (κ1) is 20.1. The van der Waals surface area contributed by atoms with E-state index >= 15 is 4.39 Å². The van der Waals surface area contributed by atoms with Gasteiger partial charge in [-0.1, -0.05) is 30.3 Å². The van der Waals surface area contributed by atoms with Crippen LogP contribution in [-0.4, -0.2) is 39.9 Å². The summed E-state index contributed by atoms with van der Waals surface area (Å²) in [6, 6.07) is 9.77. The van der Waals surface area contributed by atoms with E-state index in [1.807, 2.05) is 58.0 Å². The van der Waals surface area contributed by atoms with Crippen molar-refractivity contribution in [3.63, 3.8) is 0 Å². The average molecular weight is 377 g/mol. The van der Waals surface area contributed by atoms with E-state index in [9.17, 15) is 4.79 Å². The van der Waals surface area contributed by atoms with Crippen LogP contribution in [0, 0.1) is 0 Å². The summed E-state index contributed by atoms with van der Waals surface area (Å²) < 4.78 is 21.4. The molecule has 3 rings (SSSR count). The van der Waals surface area contributed by atoms with Crippen molar-refractivity contribution in [1.82, 2.24) is 10.2 Å². The van der Waals surface area contributed by atoms with E-state index in [0.29, 0.717) is 19.4 Å². The maximum absolute atomic E-state index is 15.7. The van der Waals surface area contributed by atoms with E-state index in [0.717, 1.165) is 18.4 Å². The van der Waals surface area contributed by atoms with Crippen LogP contribution in [0.3, 0.4) is 0 Å². The Morgan fingerprint density at radius 3 is 2.56 bits per heavy atom. The van der Waals surface area contributed by atoms with Crippen LogP contribution in [0.1, 0.15) is 65.9 Å². The number of halogens is 1. The highest BCUT2D eigenvalue weighted by Crippen LogP contribution is 2.49. The zero-order chi connectivity index (χ0) is 19.9. The number of carbonyl (C=O) groups excluding carboxylic acids is 1. The second-order valence-electron chi connectivity index (χ2n) is 9.60. The van der Waals surface area contributed by atoms with Crippen LogP contribution >= 0.6 is 0 Å². The van der Waals surface area contributed by atoms with Gasteiger partial charge in [0, 0.05) is 18.1 Å². The Morgan fingerprint density at radius 2 is 1.93 bits per heavy atom. The molecule has 2 aliphatic rings. The second kappa shape index (κ2) is 7.08. The fourth-order valence-electron chi connectivity index (χ4n) is 4.89. The number of amides is 1. The van der Waals surface area contributed by atoms with Crippen molar-refractivity contribution in [2.75, 3.05) is 0 Å². The molecule has 0 aromatic heterocycles. The van der Waals surface area contributed by atoms with Gasteiger partial charge in [-0.25, -0.2) is 9.18 Å². The molecule has 5 heteroatoms. The molecular formula is C22H33FN2O2. The molecule has 0 saturated carbocycles. The average Bonchev–Trinajstić information content (AvgIpc) is 2.56. The number of benzene rings is 1. The summed E-state index contributed by atoms with van der Waals surface area (Å²) in [5, 5.41) is 3.42. The number of nitrogens with zero attached hydrogens (tertiary/aromatic N) is 1. The van der Waals surface area contributed by atoms with E-state index in [1.165, 1.54) is 0 Å². The lowest BCUT2D eigenvalue weighted by Gasteiger charge is -2.61. The maximum atomic E-state index is 15.7. The quantitative estimate of drug-likeness (QED) is 0.822. The smallest absolute Gasteiger partial charge is 0.411 e. The normalized spacial score (nSPS) is 33.6. The summed E-state index contributed by atoms with van der Waals surface area (Å²) in [5.41, 5.74) is -0.694. The molecule has 1 amide bonds. The Bertz CT molecular complexity index is 675. The number of fused-ring (bicyclic) bond motifs is 2. The zero-order valence-electron chi connectivity index (χ0n) is 17.2. The Morgan fingerprint density at radius 1 is 1.26 bits per heavy atom. The van der Waals surface area contributed by atoms with Gasteiger partial charge in [-0.05, 0) is 65.9 Å². The number of rotatable bonds is 3. The van der Waals surface area contributed by atoms with E-state index in [-0.39, 0.29) is 6.04 Å². The van der Waals surface area contributed by atoms with Gasteiger partial charge < -0.3 is 10.1 Å². The monoisotopic (exact) mass is 376 g/mol. The minimum absolute atomic E-state index is 0.279. The fourth-order valence-corrected chi connectivity index (χ4v) is 4.89. The lowest BCUT2D eigenvalue weighted by molar-refractivity contribution is -0.131. The van der Waals surface area contributed by atoms with Crippen LogP contribution in [0.5, 0.6) is 0 Å². The van der Waals surface area contributed by atoms with Gasteiger partial charge in [-0.15, -0.1) is 0 Å². The molecule has 2 bridgehead atoms. The zero-order valence-corrected chi connectivity index (χ0v) is 17.2. The van der Waals surface area contributed by atoms with Crippen molar-refractivity contribution in [1.29, 1.82) is 0 Å². The van der Waals surface area contributed by atoms with Gasteiger partial charge in [0.05, 0.1) is 5.54 Å². The summed E-state index contributed by atoms with van der Waals surface area (Å²) in [6.07, 6.45) is 1.52. The summed E-state index contributed by atoms with van der Waals surface area (Å²) >= 11 is 0. The largest absolute Gasteiger partial charge is 0.444 e. The predicted molar refractivity (Wildman–Crippen MR) is 105 cm³/mol. The number of alkyl halides is 1. The number of piperidine rings is 2. The van der Waals surface area contributed by atoms with Crippen molar-refractivity contribution >= 4 is 6.09 Å². The molecule has 2 fully saturated rings. The minimum Gasteiger partial charge on any atom is -0.444 e. The third kappa shape index (κ3) is 3.98. The molecule has 1 N–H and O–H groups in total. The minimum atomic E-state index is -1.14. The maximum Gasteiger partial charge on any atom is 0.411 e. The first-order valence-electron chi connectivity index (χ1n) is 10.00. The summed E-state index contributed by atoms with van der Waals surface area (Å²) in [7, 11) is 0. The van der Waals surface area contributed by atoms with Crippen LogP contribution in [0.25, 0.3) is 0 Å². The van der Waals surface area contributed by atoms with E-state index in [4.69, 9.17) is 4.74 Å². The van der Waals surface area contributed by atoms with Crippen molar-refractivity contribution < 1.29 is 13.9 Å². The lowest BCUT2D eigenvalue weighted by atomic mass is 9.66. The van der Waals surface area contributed by atoms with Crippen molar-refractivity contribution in [2.24, 2.45) is 0 Å². The van der Waals surface area contributed by atoms with Gasteiger partial charge >= 0.3 is 6.09 Å². The molecule has 0 unspecified atom stereocenters. The molecule has 0 radical (unpaired) electrons. The first-order chi connectivity index (χ1) is 12.6. The number of hydrogen-bond acceptors (Lipinski definition) is 3. The third-order valence-corrected chi connectivity index (χ3v) is 6.04. The molecule has 0 spiro atoms. The molecule has 0 aliphatic carbocycles. The van der Waals surface area contributed by atoms with Crippen molar-refractivity contribution in [2.45, 2.75) is 95.7 Å². The van der Waals surface area contributed by atoms with Crippen LogP contribution in [0.4, 0.5) is 9.18 Å². The van der Waals surface area contributed by atoms with E-state index in [2.05, 4.69) is 12.2 Å². The van der Waals surface area contributed by atoms with Gasteiger partial charge in [0.15, 0.2) is 0 Å². The van der Waals surface area contributed by atoms with Crippen molar-refractivity contribution in [3.8, 4) is 0 Å². The Labute approximate surface area is 162 Å². The number of hydrogen-bond donors (Lipinski definition) is 1. The van der Waals surface area contributed by atoms with Crippen LogP contribution in [0.15, 0.2) is 30.3 Å². The van der Waals surface area contributed by atoms with Crippen LogP contribution in [-0.2, 0) is 11.3 Å². The molecule has 150 valence electrons.